The van der Waals surface area contributed by atoms with Crippen molar-refractivity contribution >= 4 is 45.7 Å². The molecule has 0 saturated carbocycles. The van der Waals surface area contributed by atoms with Gasteiger partial charge in [-0.05, 0) is 71.8 Å². The lowest BCUT2D eigenvalue weighted by Crippen LogP contribution is -2.48. The van der Waals surface area contributed by atoms with E-state index in [4.69, 9.17) is 9.47 Å². The zero-order valence-corrected chi connectivity index (χ0v) is 18.5. The number of nitrogens with zero attached hydrogens (tertiary/aromatic N) is 2. The molecule has 2 heterocycles. The third-order valence-electron chi connectivity index (χ3n) is 5.40. The van der Waals surface area contributed by atoms with Gasteiger partial charge in [-0.1, -0.05) is 6.07 Å². The van der Waals surface area contributed by atoms with Gasteiger partial charge in [0.25, 0.3) is 0 Å². The number of carbonyl (C=O) groups is 1. The Balaban J connectivity index is 1.41. The number of hydrogen-bond donors (Lipinski definition) is 2. The van der Waals surface area contributed by atoms with E-state index in [1.165, 1.54) is 0 Å². The summed E-state index contributed by atoms with van der Waals surface area (Å²) in [7, 11) is 1.68. The standard InChI is InChI=1S/C21H25IN4O3/c1-28-19-4-2-3-18-20(19)23-13-29-14-26(18)17-9-11-25(12-10-17)21(27)24-16-7-5-15(22)6-8-16/h2-8,17,23H,9-14H2,1H3,(H,24,27). The van der Waals surface area contributed by atoms with E-state index in [1.54, 1.807) is 7.11 Å². The molecule has 0 radical (unpaired) electrons. The molecule has 2 aromatic carbocycles. The largest absolute Gasteiger partial charge is 0.495 e. The number of hydrogen-bond acceptors (Lipinski definition) is 5. The van der Waals surface area contributed by atoms with Gasteiger partial charge < -0.3 is 29.9 Å². The monoisotopic (exact) mass is 508 g/mol. The number of anilines is 3. The minimum Gasteiger partial charge on any atom is -0.495 e. The van der Waals surface area contributed by atoms with E-state index in [0.29, 0.717) is 32.6 Å². The molecule has 7 nitrogen and oxygen atoms in total. The maximum atomic E-state index is 12.6. The Morgan fingerprint density at radius 2 is 1.97 bits per heavy atom. The number of rotatable bonds is 3. The highest BCUT2D eigenvalue weighted by Gasteiger charge is 2.30. The van der Waals surface area contributed by atoms with Crippen LogP contribution in [-0.4, -0.2) is 50.6 Å². The zero-order chi connectivity index (χ0) is 20.2. The lowest BCUT2D eigenvalue weighted by Gasteiger charge is -2.39. The number of fused-ring (bicyclic) bond motifs is 1. The van der Waals surface area contributed by atoms with E-state index < -0.39 is 0 Å². The van der Waals surface area contributed by atoms with Crippen molar-refractivity contribution in [3.63, 3.8) is 0 Å². The summed E-state index contributed by atoms with van der Waals surface area (Å²) in [6, 6.07) is 14.1. The van der Waals surface area contributed by atoms with Gasteiger partial charge >= 0.3 is 6.03 Å². The van der Waals surface area contributed by atoms with E-state index in [0.717, 1.165) is 39.2 Å². The molecular formula is C21H25IN4O3. The van der Waals surface area contributed by atoms with Crippen LogP contribution in [0.15, 0.2) is 42.5 Å². The average Bonchev–Trinajstić information content (AvgIpc) is 2.98. The minimum absolute atomic E-state index is 0.0412. The summed E-state index contributed by atoms with van der Waals surface area (Å²) >= 11 is 2.25. The first-order valence-electron chi connectivity index (χ1n) is 9.72. The van der Waals surface area contributed by atoms with Crippen molar-refractivity contribution in [1.29, 1.82) is 0 Å². The Morgan fingerprint density at radius 1 is 1.21 bits per heavy atom. The summed E-state index contributed by atoms with van der Waals surface area (Å²) in [5.74, 6) is 0.812. The van der Waals surface area contributed by atoms with Gasteiger partial charge in [0.2, 0.25) is 0 Å². The van der Waals surface area contributed by atoms with Gasteiger partial charge in [0.05, 0.1) is 12.8 Å². The molecule has 29 heavy (non-hydrogen) atoms. The molecule has 8 heteroatoms. The fourth-order valence-electron chi connectivity index (χ4n) is 3.86. The van der Waals surface area contributed by atoms with Gasteiger partial charge in [-0.15, -0.1) is 0 Å². The van der Waals surface area contributed by atoms with Crippen LogP contribution >= 0.6 is 22.6 Å². The number of methoxy groups -OCH3 is 1. The topological polar surface area (TPSA) is 66.1 Å². The number of benzene rings is 2. The smallest absolute Gasteiger partial charge is 0.321 e. The Bertz CT molecular complexity index is 854. The van der Waals surface area contributed by atoms with E-state index in [1.807, 2.05) is 41.3 Å². The van der Waals surface area contributed by atoms with Crippen molar-refractivity contribution in [3.8, 4) is 5.75 Å². The summed E-state index contributed by atoms with van der Waals surface area (Å²) in [6.45, 7) is 2.39. The lowest BCUT2D eigenvalue weighted by molar-refractivity contribution is 0.138. The molecule has 2 amide bonds. The molecular weight excluding hydrogens is 483 g/mol. The van der Waals surface area contributed by atoms with Crippen molar-refractivity contribution in [2.24, 2.45) is 0 Å². The zero-order valence-electron chi connectivity index (χ0n) is 16.4. The van der Waals surface area contributed by atoms with E-state index in [9.17, 15) is 4.79 Å². The van der Waals surface area contributed by atoms with Gasteiger partial charge in [-0.2, -0.15) is 0 Å². The third kappa shape index (κ3) is 4.53. The summed E-state index contributed by atoms with van der Waals surface area (Å²) in [4.78, 5) is 16.8. The van der Waals surface area contributed by atoms with Gasteiger partial charge in [-0.25, -0.2) is 4.79 Å². The first-order valence-corrected chi connectivity index (χ1v) is 10.8. The molecule has 0 unspecified atom stereocenters. The minimum atomic E-state index is -0.0412. The Labute approximate surface area is 184 Å². The Hall–Kier alpha value is -2.20. The van der Waals surface area contributed by atoms with Gasteiger partial charge in [0.1, 0.15) is 24.9 Å². The maximum absolute atomic E-state index is 12.6. The molecule has 1 saturated heterocycles. The first kappa shape index (κ1) is 20.1. The molecule has 2 N–H and O–H groups in total. The fraction of sp³-hybridized carbons (Fsp3) is 0.381. The molecule has 4 rings (SSSR count). The number of para-hydroxylation sites is 1. The summed E-state index contributed by atoms with van der Waals surface area (Å²) < 4.78 is 12.4. The van der Waals surface area contributed by atoms with Crippen LogP contribution in [0.25, 0.3) is 0 Å². The van der Waals surface area contributed by atoms with Crippen LogP contribution in [-0.2, 0) is 4.74 Å². The van der Waals surface area contributed by atoms with Crippen molar-refractivity contribution in [2.75, 3.05) is 49.2 Å². The van der Waals surface area contributed by atoms with Gasteiger partial charge in [-0.3, -0.25) is 0 Å². The van der Waals surface area contributed by atoms with E-state index in [2.05, 4.69) is 44.2 Å². The summed E-state index contributed by atoms with van der Waals surface area (Å²) in [5.41, 5.74) is 2.88. The molecule has 2 aliphatic heterocycles. The normalized spacial score (nSPS) is 17.2. The number of nitrogens with one attached hydrogen (secondary N) is 2. The molecule has 0 bridgehead atoms. The number of halogens is 1. The van der Waals surface area contributed by atoms with Crippen LogP contribution in [0.5, 0.6) is 5.75 Å². The highest BCUT2D eigenvalue weighted by atomic mass is 127. The molecule has 154 valence electrons. The summed E-state index contributed by atoms with van der Waals surface area (Å²) in [6.07, 6.45) is 1.78. The Kier molecular flexibility index (Phi) is 6.29. The predicted octanol–water partition coefficient (Wildman–Crippen LogP) is 4.16. The maximum Gasteiger partial charge on any atom is 0.321 e. The number of carbonyl (C=O) groups excluding carboxylic acids is 1. The van der Waals surface area contributed by atoms with Crippen LogP contribution in [0.4, 0.5) is 21.9 Å². The Morgan fingerprint density at radius 3 is 2.69 bits per heavy atom. The predicted molar refractivity (Wildman–Crippen MR) is 123 cm³/mol. The van der Waals surface area contributed by atoms with E-state index in [-0.39, 0.29) is 6.03 Å². The second-order valence-electron chi connectivity index (χ2n) is 7.13. The molecule has 2 aliphatic rings. The van der Waals surface area contributed by atoms with Crippen LogP contribution in [0.2, 0.25) is 0 Å². The molecule has 0 spiro atoms. The fourth-order valence-corrected chi connectivity index (χ4v) is 4.22. The third-order valence-corrected chi connectivity index (χ3v) is 6.12. The van der Waals surface area contributed by atoms with Crippen molar-refractivity contribution in [2.45, 2.75) is 18.9 Å². The van der Waals surface area contributed by atoms with Crippen LogP contribution in [0.3, 0.4) is 0 Å². The van der Waals surface area contributed by atoms with Crippen LogP contribution < -0.4 is 20.3 Å². The van der Waals surface area contributed by atoms with Crippen molar-refractivity contribution in [1.82, 2.24) is 4.90 Å². The van der Waals surface area contributed by atoms with E-state index >= 15 is 0 Å². The highest BCUT2D eigenvalue weighted by molar-refractivity contribution is 14.1. The molecule has 0 aliphatic carbocycles. The van der Waals surface area contributed by atoms with Crippen LogP contribution in [0.1, 0.15) is 12.8 Å². The number of urea groups is 1. The highest BCUT2D eigenvalue weighted by Crippen LogP contribution is 2.38. The second-order valence-corrected chi connectivity index (χ2v) is 8.38. The first-order chi connectivity index (χ1) is 14.2. The molecule has 0 aromatic heterocycles. The molecule has 1 fully saturated rings. The number of ether oxygens (including phenoxy) is 2. The summed E-state index contributed by atoms with van der Waals surface area (Å²) in [5, 5.41) is 6.30. The number of piperidine rings is 1. The molecule has 2 aromatic rings. The van der Waals surface area contributed by atoms with Crippen LogP contribution in [0, 0.1) is 3.57 Å². The SMILES string of the molecule is COc1cccc2c1NCOCN2C1CCN(C(=O)Nc2ccc(I)cc2)CC1. The lowest BCUT2D eigenvalue weighted by atomic mass is 10.0. The molecule has 0 atom stereocenters. The number of likely N-dealkylation sites (tertiary alicyclic amines) is 1. The van der Waals surface area contributed by atoms with Crippen molar-refractivity contribution < 1.29 is 14.3 Å². The quantitative estimate of drug-likeness (QED) is 0.610. The number of amides is 2. The van der Waals surface area contributed by atoms with Gasteiger partial charge in [0.15, 0.2) is 0 Å². The second kappa shape index (κ2) is 9.08. The van der Waals surface area contributed by atoms with Gasteiger partial charge in [0, 0.05) is 28.4 Å². The average molecular weight is 508 g/mol. The van der Waals surface area contributed by atoms with Crippen molar-refractivity contribution in [3.05, 3.63) is 46.0 Å².